The number of rotatable bonds is 7. The number of fused-ring (bicyclic) bond motifs is 1. The second-order valence-electron chi connectivity index (χ2n) is 9.01. The van der Waals surface area contributed by atoms with Gasteiger partial charge in [0.15, 0.2) is 5.65 Å². The molecular weight excluding hydrogens is 601 g/mol. The molecule has 0 aliphatic heterocycles. The smallest absolute Gasteiger partial charge is 0.278 e. The number of aryl methyl sites for hydroxylation is 1. The number of hydrogen-bond acceptors (Lipinski definition) is 8. The lowest BCUT2D eigenvalue weighted by Crippen LogP contribution is -2.26. The number of benzene rings is 2. The van der Waals surface area contributed by atoms with E-state index in [0.29, 0.717) is 10.0 Å². The van der Waals surface area contributed by atoms with Crippen LogP contribution in [-0.2, 0) is 25.6 Å². The first-order valence-electron chi connectivity index (χ1n) is 11.2. The summed E-state index contributed by atoms with van der Waals surface area (Å²) in [5, 5.41) is -0.450. The van der Waals surface area contributed by atoms with Crippen LogP contribution in [-0.4, -0.2) is 42.6 Å². The van der Waals surface area contributed by atoms with E-state index in [-0.39, 0.29) is 33.9 Å². The number of sulfonamides is 1. The minimum absolute atomic E-state index is 0.0243. The summed E-state index contributed by atoms with van der Waals surface area (Å²) in [6.07, 6.45) is 2.13. The molecule has 4 aromatic rings. The standard InChI is InChI=1S/C24H23BrFN5O5S2/c1-13(2)31-22-20(11-27-24(29-22)37(4,33)34)28-21(23(31)32)15-7-8-19(18(26)10-15)30-38(35,36)12-16-6-5-14(3)9-17(16)25/h5-11,13,30H,12H2,1-4H3. The number of nitrogens with zero attached hydrogens (tertiary/aromatic N) is 4. The van der Waals surface area contributed by atoms with Gasteiger partial charge in [-0.2, -0.15) is 4.98 Å². The minimum Gasteiger partial charge on any atom is -0.287 e. The van der Waals surface area contributed by atoms with Crippen molar-refractivity contribution in [3.8, 4) is 11.3 Å². The lowest BCUT2D eigenvalue weighted by atomic mass is 10.1. The number of halogens is 2. The molecule has 10 nitrogen and oxygen atoms in total. The number of hydrogen-bond donors (Lipinski definition) is 1. The summed E-state index contributed by atoms with van der Waals surface area (Å²) < 4.78 is 68.4. The molecule has 200 valence electrons. The van der Waals surface area contributed by atoms with Gasteiger partial charge in [0.25, 0.3) is 5.56 Å². The van der Waals surface area contributed by atoms with E-state index in [1.807, 2.05) is 6.92 Å². The van der Waals surface area contributed by atoms with Crippen LogP contribution >= 0.6 is 15.9 Å². The third-order valence-electron chi connectivity index (χ3n) is 5.52. The summed E-state index contributed by atoms with van der Waals surface area (Å²) in [4.78, 5) is 25.4. The van der Waals surface area contributed by atoms with Gasteiger partial charge < -0.3 is 0 Å². The van der Waals surface area contributed by atoms with Gasteiger partial charge in [-0.15, -0.1) is 0 Å². The van der Waals surface area contributed by atoms with Crippen LogP contribution in [0.15, 0.2) is 57.0 Å². The predicted molar refractivity (Wildman–Crippen MR) is 146 cm³/mol. The molecule has 2 aromatic heterocycles. The molecule has 0 radical (unpaired) electrons. The quantitative estimate of drug-likeness (QED) is 0.305. The molecule has 38 heavy (non-hydrogen) atoms. The van der Waals surface area contributed by atoms with E-state index >= 15 is 4.39 Å². The monoisotopic (exact) mass is 623 g/mol. The molecule has 4 rings (SSSR count). The van der Waals surface area contributed by atoms with Crippen LogP contribution in [0.4, 0.5) is 10.1 Å². The molecule has 0 aliphatic carbocycles. The van der Waals surface area contributed by atoms with E-state index in [1.54, 1.807) is 32.0 Å². The van der Waals surface area contributed by atoms with Crippen molar-refractivity contribution in [2.45, 2.75) is 37.7 Å². The van der Waals surface area contributed by atoms with E-state index in [2.05, 4.69) is 35.6 Å². The Hall–Kier alpha value is -3.23. The van der Waals surface area contributed by atoms with Crippen molar-refractivity contribution < 1.29 is 21.2 Å². The molecule has 0 bridgehead atoms. The fourth-order valence-corrected chi connectivity index (χ4v) is 6.30. The van der Waals surface area contributed by atoms with Gasteiger partial charge in [0.1, 0.15) is 17.0 Å². The Morgan fingerprint density at radius 1 is 1.08 bits per heavy atom. The molecule has 14 heteroatoms. The summed E-state index contributed by atoms with van der Waals surface area (Å²) in [5.41, 5.74) is 0.681. The van der Waals surface area contributed by atoms with Crippen LogP contribution in [0.1, 0.15) is 31.0 Å². The van der Waals surface area contributed by atoms with Crippen molar-refractivity contribution in [1.29, 1.82) is 0 Å². The fourth-order valence-electron chi connectivity index (χ4n) is 3.75. The van der Waals surface area contributed by atoms with E-state index in [4.69, 9.17) is 0 Å². The number of sulfone groups is 1. The van der Waals surface area contributed by atoms with Crippen molar-refractivity contribution in [2.75, 3.05) is 11.0 Å². The maximum absolute atomic E-state index is 15.1. The maximum Gasteiger partial charge on any atom is 0.278 e. The minimum atomic E-state index is -3.96. The topological polar surface area (TPSA) is 141 Å². The predicted octanol–water partition coefficient (Wildman–Crippen LogP) is 3.99. The lowest BCUT2D eigenvalue weighted by molar-refractivity contribution is 0.581. The van der Waals surface area contributed by atoms with Gasteiger partial charge in [-0.05, 0) is 50.1 Å². The summed E-state index contributed by atoms with van der Waals surface area (Å²) in [5.74, 6) is -1.29. The molecule has 1 N–H and O–H groups in total. The van der Waals surface area contributed by atoms with Gasteiger partial charge in [0.2, 0.25) is 25.0 Å². The van der Waals surface area contributed by atoms with Gasteiger partial charge in [-0.1, -0.05) is 34.1 Å². The zero-order valence-corrected chi connectivity index (χ0v) is 23.9. The molecule has 0 atom stereocenters. The number of anilines is 1. The Morgan fingerprint density at radius 3 is 2.39 bits per heavy atom. The van der Waals surface area contributed by atoms with E-state index in [9.17, 15) is 21.6 Å². The Morgan fingerprint density at radius 2 is 1.79 bits per heavy atom. The zero-order chi connectivity index (χ0) is 28.0. The van der Waals surface area contributed by atoms with Crippen molar-refractivity contribution >= 4 is 52.6 Å². The molecule has 0 aliphatic rings. The number of aromatic nitrogens is 4. The largest absolute Gasteiger partial charge is 0.287 e. The third kappa shape index (κ3) is 5.76. The second kappa shape index (κ2) is 10.2. The first-order chi connectivity index (χ1) is 17.7. The van der Waals surface area contributed by atoms with Crippen LogP contribution in [0, 0.1) is 12.7 Å². The fraction of sp³-hybridized carbons (Fsp3) is 0.250. The second-order valence-corrected chi connectivity index (χ2v) is 13.5. The summed E-state index contributed by atoms with van der Waals surface area (Å²) in [6, 6.07) is 8.38. The van der Waals surface area contributed by atoms with Gasteiger partial charge in [-0.25, -0.2) is 31.2 Å². The summed E-state index contributed by atoms with van der Waals surface area (Å²) in [7, 11) is -7.70. The van der Waals surface area contributed by atoms with Crippen molar-refractivity contribution in [3.63, 3.8) is 0 Å². The van der Waals surface area contributed by atoms with Crippen LogP contribution in [0.5, 0.6) is 0 Å². The Kier molecular flexibility index (Phi) is 7.43. The first kappa shape index (κ1) is 27.8. The molecule has 2 aromatic carbocycles. The Bertz CT molecular complexity index is 1860. The van der Waals surface area contributed by atoms with E-state index in [1.165, 1.54) is 22.9 Å². The highest BCUT2D eigenvalue weighted by atomic mass is 79.9. The molecular formula is C24H23BrFN5O5S2. The van der Waals surface area contributed by atoms with E-state index < -0.39 is 42.4 Å². The third-order valence-corrected chi connectivity index (χ3v) is 8.34. The normalized spacial score (nSPS) is 12.3. The average Bonchev–Trinajstić information content (AvgIpc) is 2.80. The van der Waals surface area contributed by atoms with Gasteiger partial charge in [0.05, 0.1) is 17.6 Å². The SMILES string of the molecule is Cc1ccc(CS(=O)(=O)Nc2ccc(-c3nc4cnc(S(C)(=O)=O)nc4n(C(C)C)c3=O)cc2F)c(Br)c1. The molecule has 0 saturated heterocycles. The molecule has 0 fully saturated rings. The summed E-state index contributed by atoms with van der Waals surface area (Å²) >= 11 is 3.34. The average molecular weight is 625 g/mol. The number of nitrogens with one attached hydrogen (secondary N) is 1. The molecule has 0 amide bonds. The first-order valence-corrected chi connectivity index (χ1v) is 15.5. The van der Waals surface area contributed by atoms with Crippen LogP contribution in [0.25, 0.3) is 22.4 Å². The highest BCUT2D eigenvalue weighted by Gasteiger charge is 2.21. The highest BCUT2D eigenvalue weighted by molar-refractivity contribution is 9.10. The Balaban J connectivity index is 1.73. The lowest BCUT2D eigenvalue weighted by Gasteiger charge is -2.15. The van der Waals surface area contributed by atoms with Crippen LogP contribution in [0.3, 0.4) is 0 Å². The van der Waals surface area contributed by atoms with Gasteiger partial charge >= 0.3 is 0 Å². The van der Waals surface area contributed by atoms with Crippen molar-refractivity contribution in [2.24, 2.45) is 0 Å². The Labute approximate surface area is 227 Å². The molecule has 0 unspecified atom stereocenters. The van der Waals surface area contributed by atoms with E-state index in [0.717, 1.165) is 17.9 Å². The molecule has 2 heterocycles. The molecule has 0 spiro atoms. The zero-order valence-electron chi connectivity index (χ0n) is 20.7. The maximum atomic E-state index is 15.1. The highest BCUT2D eigenvalue weighted by Crippen LogP contribution is 2.26. The van der Waals surface area contributed by atoms with Gasteiger partial charge in [0, 0.05) is 22.3 Å². The van der Waals surface area contributed by atoms with Crippen molar-refractivity contribution in [3.05, 3.63) is 74.4 Å². The van der Waals surface area contributed by atoms with Crippen LogP contribution < -0.4 is 10.3 Å². The van der Waals surface area contributed by atoms with Crippen LogP contribution in [0.2, 0.25) is 0 Å². The summed E-state index contributed by atoms with van der Waals surface area (Å²) in [6.45, 7) is 5.29. The molecule has 0 saturated carbocycles. The van der Waals surface area contributed by atoms with Gasteiger partial charge in [-0.3, -0.25) is 14.1 Å². The van der Waals surface area contributed by atoms with Crippen molar-refractivity contribution in [1.82, 2.24) is 19.5 Å².